The SMILES string of the molecule is CC(NC1CCCCNC1=O)c1ccccc1OC(F)F. The van der Waals surface area contributed by atoms with E-state index in [0.717, 1.165) is 19.3 Å². The third-order valence-corrected chi connectivity index (χ3v) is 3.59. The molecule has 0 aromatic heterocycles. The number of halogens is 2. The molecule has 6 heteroatoms. The van der Waals surface area contributed by atoms with Crippen LogP contribution in [0.2, 0.25) is 0 Å². The van der Waals surface area contributed by atoms with Gasteiger partial charge in [-0.2, -0.15) is 8.78 Å². The predicted octanol–water partition coefficient (Wildman–Crippen LogP) is 2.61. The number of hydrogen-bond acceptors (Lipinski definition) is 3. The monoisotopic (exact) mass is 298 g/mol. The Bertz CT molecular complexity index is 482. The van der Waals surface area contributed by atoms with Crippen LogP contribution < -0.4 is 15.4 Å². The van der Waals surface area contributed by atoms with Gasteiger partial charge in [0.05, 0.1) is 6.04 Å². The van der Waals surface area contributed by atoms with E-state index in [9.17, 15) is 13.6 Å². The number of alkyl halides is 2. The van der Waals surface area contributed by atoms with Gasteiger partial charge in [-0.25, -0.2) is 0 Å². The van der Waals surface area contributed by atoms with Crippen molar-refractivity contribution >= 4 is 5.91 Å². The van der Waals surface area contributed by atoms with E-state index in [0.29, 0.717) is 12.1 Å². The molecule has 1 aromatic carbocycles. The van der Waals surface area contributed by atoms with Gasteiger partial charge in [0.25, 0.3) is 0 Å². The summed E-state index contributed by atoms with van der Waals surface area (Å²) < 4.78 is 29.4. The minimum Gasteiger partial charge on any atom is -0.434 e. The molecule has 0 saturated carbocycles. The zero-order valence-electron chi connectivity index (χ0n) is 11.9. The van der Waals surface area contributed by atoms with Crippen molar-refractivity contribution in [2.24, 2.45) is 0 Å². The number of amides is 1. The molecule has 1 heterocycles. The molecule has 2 rings (SSSR count). The average Bonchev–Trinajstić information content (AvgIpc) is 2.64. The first-order valence-corrected chi connectivity index (χ1v) is 7.15. The lowest BCUT2D eigenvalue weighted by Crippen LogP contribution is -2.43. The molecule has 2 N–H and O–H groups in total. The first-order chi connectivity index (χ1) is 10.1. The molecule has 116 valence electrons. The van der Waals surface area contributed by atoms with Crippen molar-refractivity contribution in [1.82, 2.24) is 10.6 Å². The van der Waals surface area contributed by atoms with Gasteiger partial charge in [0.1, 0.15) is 5.75 Å². The molecular formula is C15H20F2N2O2. The van der Waals surface area contributed by atoms with Gasteiger partial charge in [-0.1, -0.05) is 18.2 Å². The number of benzene rings is 1. The Morgan fingerprint density at radius 2 is 2.10 bits per heavy atom. The molecule has 2 unspecified atom stereocenters. The second-order valence-corrected chi connectivity index (χ2v) is 5.14. The molecule has 1 amide bonds. The molecule has 0 radical (unpaired) electrons. The van der Waals surface area contributed by atoms with Crippen molar-refractivity contribution in [3.05, 3.63) is 29.8 Å². The fraction of sp³-hybridized carbons (Fsp3) is 0.533. The summed E-state index contributed by atoms with van der Waals surface area (Å²) in [4.78, 5) is 11.9. The van der Waals surface area contributed by atoms with Crippen molar-refractivity contribution in [2.45, 2.75) is 44.9 Å². The Labute approximate surface area is 122 Å². The lowest BCUT2D eigenvalue weighted by Gasteiger charge is -2.23. The van der Waals surface area contributed by atoms with Gasteiger partial charge in [-0.3, -0.25) is 10.1 Å². The lowest BCUT2D eigenvalue weighted by atomic mass is 10.0. The molecule has 1 aliphatic heterocycles. The Hall–Kier alpha value is -1.69. The molecule has 1 saturated heterocycles. The summed E-state index contributed by atoms with van der Waals surface area (Å²) in [5, 5.41) is 6.05. The van der Waals surface area contributed by atoms with E-state index in [2.05, 4.69) is 15.4 Å². The minimum absolute atomic E-state index is 0.0355. The molecule has 0 bridgehead atoms. The number of rotatable bonds is 5. The summed E-state index contributed by atoms with van der Waals surface area (Å²) in [6.45, 7) is -0.331. The second-order valence-electron chi connectivity index (χ2n) is 5.14. The fourth-order valence-corrected chi connectivity index (χ4v) is 2.53. The molecular weight excluding hydrogens is 278 g/mol. The Morgan fingerprint density at radius 3 is 2.86 bits per heavy atom. The molecule has 0 spiro atoms. The zero-order valence-corrected chi connectivity index (χ0v) is 11.9. The van der Waals surface area contributed by atoms with Gasteiger partial charge < -0.3 is 10.1 Å². The van der Waals surface area contributed by atoms with Gasteiger partial charge in [0.2, 0.25) is 5.91 Å². The molecule has 1 aliphatic rings. The average molecular weight is 298 g/mol. The molecule has 4 nitrogen and oxygen atoms in total. The highest BCUT2D eigenvalue weighted by Gasteiger charge is 2.24. The van der Waals surface area contributed by atoms with Gasteiger partial charge in [0.15, 0.2) is 0 Å². The summed E-state index contributed by atoms with van der Waals surface area (Å²) in [6, 6.07) is 6.08. The molecule has 21 heavy (non-hydrogen) atoms. The van der Waals surface area contributed by atoms with Gasteiger partial charge in [-0.15, -0.1) is 0 Å². The van der Waals surface area contributed by atoms with Crippen LogP contribution in [-0.4, -0.2) is 25.1 Å². The number of nitrogens with one attached hydrogen (secondary N) is 2. The third kappa shape index (κ3) is 4.39. The van der Waals surface area contributed by atoms with Crippen LogP contribution in [0.15, 0.2) is 24.3 Å². The van der Waals surface area contributed by atoms with Crippen LogP contribution in [0.5, 0.6) is 5.75 Å². The van der Waals surface area contributed by atoms with Gasteiger partial charge in [-0.05, 0) is 32.3 Å². The van der Waals surface area contributed by atoms with Crippen LogP contribution in [0.25, 0.3) is 0 Å². The number of para-hydroxylation sites is 1. The summed E-state index contributed by atoms with van der Waals surface area (Å²) in [5.74, 6) is 0.105. The predicted molar refractivity (Wildman–Crippen MR) is 75.3 cm³/mol. The van der Waals surface area contributed by atoms with E-state index < -0.39 is 6.61 Å². The summed E-state index contributed by atoms with van der Waals surface area (Å²) in [7, 11) is 0. The highest BCUT2D eigenvalue weighted by atomic mass is 19.3. The summed E-state index contributed by atoms with van der Waals surface area (Å²) in [5.41, 5.74) is 0.620. The Balaban J connectivity index is 2.08. The topological polar surface area (TPSA) is 50.4 Å². The van der Waals surface area contributed by atoms with E-state index in [1.807, 2.05) is 6.92 Å². The summed E-state index contributed by atoms with van der Waals surface area (Å²) in [6.07, 6.45) is 2.66. The maximum absolute atomic E-state index is 12.4. The molecule has 1 aromatic rings. The van der Waals surface area contributed by atoms with Crippen LogP contribution in [0.1, 0.15) is 37.8 Å². The second kappa shape index (κ2) is 7.36. The lowest BCUT2D eigenvalue weighted by molar-refractivity contribution is -0.123. The largest absolute Gasteiger partial charge is 0.434 e. The first kappa shape index (κ1) is 15.7. The number of carbonyl (C=O) groups is 1. The Morgan fingerprint density at radius 1 is 1.33 bits per heavy atom. The minimum atomic E-state index is -2.86. The van der Waals surface area contributed by atoms with Crippen LogP contribution >= 0.6 is 0 Å². The van der Waals surface area contributed by atoms with E-state index in [1.165, 1.54) is 6.07 Å². The van der Waals surface area contributed by atoms with Crippen LogP contribution in [0, 0.1) is 0 Å². The van der Waals surface area contributed by atoms with Gasteiger partial charge in [0, 0.05) is 18.2 Å². The maximum Gasteiger partial charge on any atom is 0.387 e. The van der Waals surface area contributed by atoms with Crippen LogP contribution in [0.4, 0.5) is 8.78 Å². The van der Waals surface area contributed by atoms with Crippen LogP contribution in [-0.2, 0) is 4.79 Å². The van der Waals surface area contributed by atoms with Crippen molar-refractivity contribution in [3.8, 4) is 5.75 Å². The van der Waals surface area contributed by atoms with E-state index in [1.54, 1.807) is 18.2 Å². The third-order valence-electron chi connectivity index (χ3n) is 3.59. The zero-order chi connectivity index (χ0) is 15.2. The molecule has 0 aliphatic carbocycles. The molecule has 1 fully saturated rings. The van der Waals surface area contributed by atoms with E-state index >= 15 is 0 Å². The smallest absolute Gasteiger partial charge is 0.387 e. The number of carbonyl (C=O) groups excluding carboxylic acids is 1. The highest BCUT2D eigenvalue weighted by Crippen LogP contribution is 2.27. The van der Waals surface area contributed by atoms with E-state index in [-0.39, 0.29) is 23.7 Å². The first-order valence-electron chi connectivity index (χ1n) is 7.15. The van der Waals surface area contributed by atoms with Crippen molar-refractivity contribution < 1.29 is 18.3 Å². The highest BCUT2D eigenvalue weighted by molar-refractivity contribution is 5.82. The van der Waals surface area contributed by atoms with Crippen molar-refractivity contribution in [2.75, 3.05) is 6.54 Å². The molecule has 2 atom stereocenters. The van der Waals surface area contributed by atoms with Crippen molar-refractivity contribution in [1.29, 1.82) is 0 Å². The Kier molecular flexibility index (Phi) is 5.50. The maximum atomic E-state index is 12.4. The normalized spacial score (nSPS) is 20.8. The fourth-order valence-electron chi connectivity index (χ4n) is 2.53. The quantitative estimate of drug-likeness (QED) is 0.878. The van der Waals surface area contributed by atoms with Crippen molar-refractivity contribution in [3.63, 3.8) is 0 Å². The summed E-state index contributed by atoms with van der Waals surface area (Å²) >= 11 is 0. The van der Waals surface area contributed by atoms with Gasteiger partial charge >= 0.3 is 6.61 Å². The standard InChI is InChI=1S/C15H20F2N2O2/c1-10(19-12-7-4-5-9-18-14(12)20)11-6-2-3-8-13(11)21-15(16)17/h2-3,6,8,10,12,15,19H,4-5,7,9H2,1H3,(H,18,20). The number of hydrogen-bond donors (Lipinski definition) is 2. The van der Waals surface area contributed by atoms with Crippen LogP contribution in [0.3, 0.4) is 0 Å². The van der Waals surface area contributed by atoms with E-state index in [4.69, 9.17) is 0 Å². The number of ether oxygens (including phenoxy) is 1.